The molecule has 0 aromatic heterocycles. The summed E-state index contributed by atoms with van der Waals surface area (Å²) in [7, 11) is 0. The van der Waals surface area contributed by atoms with Crippen LogP contribution < -0.4 is 10.6 Å². The van der Waals surface area contributed by atoms with Crippen LogP contribution in [0.5, 0.6) is 0 Å². The zero-order valence-corrected chi connectivity index (χ0v) is 13.4. The Morgan fingerprint density at radius 3 is 2.90 bits per heavy atom. The number of hydrogen-bond acceptors (Lipinski definition) is 2. The maximum absolute atomic E-state index is 11.9. The van der Waals surface area contributed by atoms with Crippen LogP contribution >= 0.6 is 0 Å². The second kappa shape index (κ2) is 8.90. The molecule has 1 aliphatic heterocycles. The van der Waals surface area contributed by atoms with Crippen molar-refractivity contribution in [2.75, 3.05) is 32.7 Å². The molecule has 1 heterocycles. The monoisotopic (exact) mass is 294 g/mol. The highest BCUT2D eigenvalue weighted by atomic mass is 16.2. The number of guanidine groups is 1. The first-order valence-electron chi connectivity index (χ1n) is 8.59. The summed E-state index contributed by atoms with van der Waals surface area (Å²) in [4.78, 5) is 18.5. The minimum atomic E-state index is 0.335. The maximum atomic E-state index is 11.9. The average molecular weight is 294 g/mol. The Kier molecular flexibility index (Phi) is 6.83. The second-order valence-corrected chi connectivity index (χ2v) is 6.13. The zero-order chi connectivity index (χ0) is 14.9. The number of carbonyl (C=O) groups excluding carboxylic acids is 1. The van der Waals surface area contributed by atoms with Gasteiger partial charge in [0, 0.05) is 39.1 Å². The van der Waals surface area contributed by atoms with E-state index in [1.807, 2.05) is 4.90 Å². The summed E-state index contributed by atoms with van der Waals surface area (Å²) in [6.45, 7) is 6.61. The Balaban J connectivity index is 1.63. The van der Waals surface area contributed by atoms with Crippen molar-refractivity contribution >= 4 is 11.9 Å². The van der Waals surface area contributed by atoms with Crippen molar-refractivity contribution in [2.45, 2.75) is 51.9 Å². The van der Waals surface area contributed by atoms with Gasteiger partial charge in [-0.05, 0) is 44.9 Å². The van der Waals surface area contributed by atoms with E-state index in [9.17, 15) is 4.79 Å². The van der Waals surface area contributed by atoms with Crippen LogP contribution in [0, 0.1) is 5.92 Å². The molecule has 1 saturated heterocycles. The van der Waals surface area contributed by atoms with Gasteiger partial charge in [-0.2, -0.15) is 0 Å². The molecule has 0 aromatic rings. The largest absolute Gasteiger partial charge is 0.357 e. The molecule has 2 rings (SSSR count). The summed E-state index contributed by atoms with van der Waals surface area (Å²) < 4.78 is 0. The lowest BCUT2D eigenvalue weighted by Crippen LogP contribution is -2.39. The summed E-state index contributed by atoms with van der Waals surface area (Å²) in [5, 5.41) is 6.66. The molecule has 1 amide bonds. The highest BCUT2D eigenvalue weighted by Gasteiger charge is 2.20. The lowest BCUT2D eigenvalue weighted by atomic mass is 10.2. The number of likely N-dealkylation sites (tertiary alicyclic amines) is 1. The quantitative estimate of drug-likeness (QED) is 0.427. The lowest BCUT2D eigenvalue weighted by Gasteiger charge is -2.20. The normalized spacial score (nSPS) is 20.3. The van der Waals surface area contributed by atoms with E-state index >= 15 is 0 Å². The number of carbonyl (C=O) groups is 1. The third kappa shape index (κ3) is 6.36. The number of rotatable bonds is 7. The van der Waals surface area contributed by atoms with Crippen molar-refractivity contribution in [1.29, 1.82) is 0 Å². The molecule has 1 saturated carbocycles. The van der Waals surface area contributed by atoms with Gasteiger partial charge in [0.05, 0.1) is 0 Å². The summed E-state index contributed by atoms with van der Waals surface area (Å²) in [6, 6.07) is 0. The molecule has 5 heteroatoms. The molecule has 0 bridgehead atoms. The van der Waals surface area contributed by atoms with Crippen molar-refractivity contribution in [3.05, 3.63) is 0 Å². The number of aliphatic imine (C=N–C) groups is 1. The first-order chi connectivity index (χ1) is 10.3. The smallest absolute Gasteiger partial charge is 0.222 e. The molecular formula is C16H30N4O. The Morgan fingerprint density at radius 2 is 2.14 bits per heavy atom. The van der Waals surface area contributed by atoms with Crippen LogP contribution in [-0.4, -0.2) is 49.5 Å². The first kappa shape index (κ1) is 16.1. The van der Waals surface area contributed by atoms with Crippen LogP contribution in [0.3, 0.4) is 0 Å². The Hall–Kier alpha value is -1.26. The predicted octanol–water partition coefficient (Wildman–Crippen LogP) is 1.74. The van der Waals surface area contributed by atoms with Crippen LogP contribution in [0.15, 0.2) is 4.99 Å². The van der Waals surface area contributed by atoms with Crippen LogP contribution in [-0.2, 0) is 4.79 Å². The Morgan fingerprint density at radius 1 is 1.29 bits per heavy atom. The molecular weight excluding hydrogens is 264 g/mol. The topological polar surface area (TPSA) is 56.7 Å². The second-order valence-electron chi connectivity index (χ2n) is 6.13. The highest BCUT2D eigenvalue weighted by Crippen LogP contribution is 2.28. The molecule has 5 nitrogen and oxygen atoms in total. The van der Waals surface area contributed by atoms with Gasteiger partial charge in [-0.25, -0.2) is 0 Å². The number of nitrogens with one attached hydrogen (secondary N) is 2. The molecule has 2 aliphatic rings. The molecule has 0 radical (unpaired) electrons. The molecule has 0 unspecified atom stereocenters. The SMILES string of the molecule is CCNC(=NCC1CC1)NCCCN1CCCCCC1=O. The van der Waals surface area contributed by atoms with Gasteiger partial charge in [-0.15, -0.1) is 0 Å². The molecule has 0 spiro atoms. The van der Waals surface area contributed by atoms with Crippen molar-refractivity contribution in [3.63, 3.8) is 0 Å². The fourth-order valence-electron chi connectivity index (χ4n) is 2.61. The minimum absolute atomic E-state index is 0.335. The number of amides is 1. The fraction of sp³-hybridized carbons (Fsp3) is 0.875. The summed E-state index contributed by atoms with van der Waals surface area (Å²) >= 11 is 0. The molecule has 0 atom stereocenters. The van der Waals surface area contributed by atoms with E-state index in [1.165, 1.54) is 19.3 Å². The van der Waals surface area contributed by atoms with Crippen LogP contribution in [0.25, 0.3) is 0 Å². The van der Waals surface area contributed by atoms with Gasteiger partial charge in [-0.1, -0.05) is 6.42 Å². The minimum Gasteiger partial charge on any atom is -0.357 e. The summed E-state index contributed by atoms with van der Waals surface area (Å²) in [6.07, 6.45) is 7.80. The molecule has 2 N–H and O–H groups in total. The van der Waals surface area contributed by atoms with E-state index in [-0.39, 0.29) is 0 Å². The number of hydrogen-bond donors (Lipinski definition) is 2. The predicted molar refractivity (Wildman–Crippen MR) is 86.4 cm³/mol. The van der Waals surface area contributed by atoms with Gasteiger partial charge < -0.3 is 15.5 Å². The van der Waals surface area contributed by atoms with E-state index in [0.717, 1.165) is 70.3 Å². The van der Waals surface area contributed by atoms with Crippen LogP contribution in [0.2, 0.25) is 0 Å². The third-order valence-corrected chi connectivity index (χ3v) is 4.12. The van der Waals surface area contributed by atoms with Crippen molar-refractivity contribution in [3.8, 4) is 0 Å². The third-order valence-electron chi connectivity index (χ3n) is 4.12. The van der Waals surface area contributed by atoms with E-state index in [1.54, 1.807) is 0 Å². The van der Waals surface area contributed by atoms with Crippen molar-refractivity contribution < 1.29 is 4.79 Å². The van der Waals surface area contributed by atoms with Crippen LogP contribution in [0.1, 0.15) is 51.9 Å². The standard InChI is InChI=1S/C16H30N4O/c1-2-17-16(19-13-14-8-9-14)18-10-6-12-20-11-5-3-4-7-15(20)21/h14H,2-13H2,1H3,(H2,17,18,19). The molecule has 1 aliphatic carbocycles. The molecule has 21 heavy (non-hydrogen) atoms. The Labute approximate surface area is 128 Å². The fourth-order valence-corrected chi connectivity index (χ4v) is 2.61. The number of nitrogens with zero attached hydrogens (tertiary/aromatic N) is 2. The van der Waals surface area contributed by atoms with Crippen molar-refractivity contribution in [2.24, 2.45) is 10.9 Å². The molecule has 120 valence electrons. The molecule has 0 aromatic carbocycles. The van der Waals surface area contributed by atoms with E-state index in [2.05, 4.69) is 22.5 Å². The first-order valence-corrected chi connectivity index (χ1v) is 8.59. The van der Waals surface area contributed by atoms with Crippen LogP contribution in [0.4, 0.5) is 0 Å². The summed E-state index contributed by atoms with van der Waals surface area (Å²) in [5.74, 6) is 2.07. The van der Waals surface area contributed by atoms with Gasteiger partial charge in [0.25, 0.3) is 0 Å². The van der Waals surface area contributed by atoms with Gasteiger partial charge in [-0.3, -0.25) is 9.79 Å². The Bertz CT molecular complexity index is 352. The maximum Gasteiger partial charge on any atom is 0.222 e. The average Bonchev–Trinajstić information content (AvgIpc) is 3.30. The van der Waals surface area contributed by atoms with Gasteiger partial charge >= 0.3 is 0 Å². The highest BCUT2D eigenvalue weighted by molar-refractivity contribution is 5.79. The van der Waals surface area contributed by atoms with E-state index in [4.69, 9.17) is 0 Å². The summed E-state index contributed by atoms with van der Waals surface area (Å²) in [5.41, 5.74) is 0. The van der Waals surface area contributed by atoms with Gasteiger partial charge in [0.2, 0.25) is 5.91 Å². The van der Waals surface area contributed by atoms with Gasteiger partial charge in [0.15, 0.2) is 5.96 Å². The van der Waals surface area contributed by atoms with E-state index < -0.39 is 0 Å². The van der Waals surface area contributed by atoms with Crippen molar-refractivity contribution in [1.82, 2.24) is 15.5 Å². The molecule has 2 fully saturated rings. The van der Waals surface area contributed by atoms with Gasteiger partial charge in [0.1, 0.15) is 0 Å². The zero-order valence-electron chi connectivity index (χ0n) is 13.4. The lowest BCUT2D eigenvalue weighted by molar-refractivity contribution is -0.130. The van der Waals surface area contributed by atoms with E-state index in [0.29, 0.717) is 5.91 Å².